The first-order valence-electron chi connectivity index (χ1n) is 11.6. The Labute approximate surface area is 191 Å². The van der Waals surface area contributed by atoms with Crippen LogP contribution in [0.1, 0.15) is 43.2 Å². The van der Waals surface area contributed by atoms with Crippen LogP contribution in [0.4, 0.5) is 0 Å². The molecule has 0 heterocycles. The maximum Gasteiger partial charge on any atom is 0.119 e. The van der Waals surface area contributed by atoms with Crippen LogP contribution in [0, 0.1) is 0 Å². The van der Waals surface area contributed by atoms with Crippen molar-refractivity contribution in [3.8, 4) is 11.5 Å². The van der Waals surface area contributed by atoms with Crippen LogP contribution in [0.25, 0.3) is 0 Å². The monoisotopic (exact) mass is 444 g/mol. The highest BCUT2D eigenvalue weighted by Crippen LogP contribution is 2.45. The summed E-state index contributed by atoms with van der Waals surface area (Å²) in [6.07, 6.45) is 6.00. The normalized spacial score (nSPS) is 15.4. The fourth-order valence-corrected chi connectivity index (χ4v) is 4.41. The van der Waals surface area contributed by atoms with Crippen molar-refractivity contribution >= 4 is 0 Å². The van der Waals surface area contributed by atoms with E-state index in [2.05, 4.69) is 24.3 Å². The molecule has 0 spiro atoms. The number of hydrogen-bond acceptors (Lipinski definition) is 6. The molecule has 0 aliphatic heterocycles. The van der Waals surface area contributed by atoms with Gasteiger partial charge in [-0.1, -0.05) is 43.5 Å². The summed E-state index contributed by atoms with van der Waals surface area (Å²) in [7, 11) is 0. The standard InChI is InChI=1S/C26H36O6/c27-14-16-29-18-20-31-24-8-4-22(5-9-24)26(12-2-1-3-13-26)23-6-10-25(11-7-23)32-21-19-30-17-15-28/h4-11,27-28H,1-3,12-21H2. The minimum absolute atomic E-state index is 0.0176. The van der Waals surface area contributed by atoms with Crippen LogP contribution in [-0.4, -0.2) is 63.1 Å². The molecule has 0 amide bonds. The lowest BCUT2D eigenvalue weighted by atomic mass is 9.65. The van der Waals surface area contributed by atoms with Gasteiger partial charge in [0.25, 0.3) is 0 Å². The van der Waals surface area contributed by atoms with Gasteiger partial charge < -0.3 is 29.2 Å². The molecule has 176 valence electrons. The second kappa shape index (κ2) is 13.4. The Balaban J connectivity index is 1.64. The molecule has 1 aliphatic rings. The summed E-state index contributed by atoms with van der Waals surface area (Å²) in [6, 6.07) is 16.9. The Morgan fingerprint density at radius 2 is 1.00 bits per heavy atom. The van der Waals surface area contributed by atoms with Gasteiger partial charge in [-0.25, -0.2) is 0 Å². The molecule has 0 atom stereocenters. The summed E-state index contributed by atoms with van der Waals surface area (Å²) >= 11 is 0. The molecule has 6 heteroatoms. The van der Waals surface area contributed by atoms with Gasteiger partial charge in [-0.3, -0.25) is 0 Å². The third-order valence-corrected chi connectivity index (χ3v) is 5.98. The number of hydrogen-bond donors (Lipinski definition) is 2. The second-order valence-electron chi connectivity index (χ2n) is 8.06. The van der Waals surface area contributed by atoms with Gasteiger partial charge in [0.15, 0.2) is 0 Å². The number of benzene rings is 2. The van der Waals surface area contributed by atoms with E-state index < -0.39 is 0 Å². The summed E-state index contributed by atoms with van der Waals surface area (Å²) < 4.78 is 22.0. The first-order valence-corrected chi connectivity index (χ1v) is 11.6. The minimum atomic E-state index is 0.0176. The predicted octanol–water partition coefficient (Wildman–Crippen LogP) is 3.71. The molecule has 2 aromatic carbocycles. The molecule has 6 nitrogen and oxygen atoms in total. The van der Waals surface area contributed by atoms with E-state index in [9.17, 15) is 0 Å². The number of aliphatic hydroxyl groups is 2. The predicted molar refractivity (Wildman–Crippen MR) is 124 cm³/mol. The van der Waals surface area contributed by atoms with Crippen molar-refractivity contribution in [2.45, 2.75) is 37.5 Å². The van der Waals surface area contributed by atoms with Gasteiger partial charge in [0.05, 0.1) is 39.6 Å². The highest BCUT2D eigenvalue weighted by molar-refractivity contribution is 5.43. The smallest absolute Gasteiger partial charge is 0.119 e. The molecule has 2 aromatic rings. The van der Waals surface area contributed by atoms with Crippen molar-refractivity contribution in [3.05, 3.63) is 59.7 Å². The lowest BCUT2D eigenvalue weighted by Crippen LogP contribution is -2.30. The van der Waals surface area contributed by atoms with Gasteiger partial charge >= 0.3 is 0 Å². The number of aliphatic hydroxyl groups excluding tert-OH is 2. The van der Waals surface area contributed by atoms with Gasteiger partial charge in [-0.15, -0.1) is 0 Å². The average Bonchev–Trinajstić information content (AvgIpc) is 2.85. The van der Waals surface area contributed by atoms with E-state index in [0.29, 0.717) is 39.6 Å². The van der Waals surface area contributed by atoms with Crippen molar-refractivity contribution in [1.29, 1.82) is 0 Å². The van der Waals surface area contributed by atoms with Crippen LogP contribution in [0.5, 0.6) is 11.5 Å². The first-order chi connectivity index (χ1) is 15.8. The zero-order valence-electron chi connectivity index (χ0n) is 18.8. The van der Waals surface area contributed by atoms with E-state index >= 15 is 0 Å². The molecule has 0 unspecified atom stereocenters. The van der Waals surface area contributed by atoms with Gasteiger partial charge in [0.2, 0.25) is 0 Å². The SMILES string of the molecule is OCCOCCOc1ccc(C2(c3ccc(OCCOCCO)cc3)CCCCC2)cc1. The van der Waals surface area contributed by atoms with Gasteiger partial charge in [0, 0.05) is 5.41 Å². The summed E-state index contributed by atoms with van der Waals surface area (Å²) in [5, 5.41) is 17.5. The molecule has 2 N–H and O–H groups in total. The van der Waals surface area contributed by atoms with Crippen molar-refractivity contribution in [3.63, 3.8) is 0 Å². The fraction of sp³-hybridized carbons (Fsp3) is 0.538. The number of ether oxygens (including phenoxy) is 4. The Bertz CT molecular complexity index is 693. The van der Waals surface area contributed by atoms with Crippen LogP contribution in [0.2, 0.25) is 0 Å². The van der Waals surface area contributed by atoms with Crippen LogP contribution in [0.3, 0.4) is 0 Å². The maximum atomic E-state index is 8.75. The zero-order valence-corrected chi connectivity index (χ0v) is 18.8. The van der Waals surface area contributed by atoms with E-state index in [4.69, 9.17) is 29.2 Å². The van der Waals surface area contributed by atoms with Crippen LogP contribution in [-0.2, 0) is 14.9 Å². The maximum absolute atomic E-state index is 8.75. The third kappa shape index (κ3) is 6.94. The Kier molecular flexibility index (Phi) is 10.3. The molecule has 1 fully saturated rings. The molecule has 1 aliphatic carbocycles. The van der Waals surface area contributed by atoms with Crippen molar-refractivity contribution in [2.24, 2.45) is 0 Å². The average molecular weight is 445 g/mol. The van der Waals surface area contributed by atoms with Crippen molar-refractivity contribution < 1.29 is 29.2 Å². The lowest BCUT2D eigenvalue weighted by molar-refractivity contribution is 0.0705. The Morgan fingerprint density at radius 1 is 0.562 bits per heavy atom. The molecular formula is C26H36O6. The van der Waals surface area contributed by atoms with Crippen LogP contribution < -0.4 is 9.47 Å². The van der Waals surface area contributed by atoms with E-state index in [1.807, 2.05) is 24.3 Å². The third-order valence-electron chi connectivity index (χ3n) is 5.98. The molecule has 0 radical (unpaired) electrons. The molecule has 0 bridgehead atoms. The minimum Gasteiger partial charge on any atom is -0.491 e. The molecular weight excluding hydrogens is 408 g/mol. The lowest BCUT2D eigenvalue weighted by Gasteiger charge is -2.38. The van der Waals surface area contributed by atoms with Crippen molar-refractivity contribution in [2.75, 3.05) is 52.9 Å². The van der Waals surface area contributed by atoms with Crippen LogP contribution >= 0.6 is 0 Å². The molecule has 32 heavy (non-hydrogen) atoms. The summed E-state index contributed by atoms with van der Waals surface area (Å²) in [5.41, 5.74) is 2.67. The van der Waals surface area contributed by atoms with E-state index in [1.165, 1.54) is 30.4 Å². The Hall–Kier alpha value is -2.12. The first kappa shape index (κ1) is 24.5. The molecule has 0 saturated heterocycles. The molecule has 0 aromatic heterocycles. The highest BCUT2D eigenvalue weighted by atomic mass is 16.5. The van der Waals surface area contributed by atoms with E-state index in [0.717, 1.165) is 24.3 Å². The largest absolute Gasteiger partial charge is 0.491 e. The van der Waals surface area contributed by atoms with Gasteiger partial charge in [-0.2, -0.15) is 0 Å². The topological polar surface area (TPSA) is 77.4 Å². The Morgan fingerprint density at radius 3 is 1.41 bits per heavy atom. The summed E-state index contributed by atoms with van der Waals surface area (Å²) in [6.45, 7) is 2.61. The highest BCUT2D eigenvalue weighted by Gasteiger charge is 2.35. The second-order valence-corrected chi connectivity index (χ2v) is 8.06. The summed E-state index contributed by atoms with van der Waals surface area (Å²) in [4.78, 5) is 0. The fourth-order valence-electron chi connectivity index (χ4n) is 4.41. The quantitative estimate of drug-likeness (QED) is 0.433. The van der Waals surface area contributed by atoms with Gasteiger partial charge in [-0.05, 0) is 48.2 Å². The van der Waals surface area contributed by atoms with Gasteiger partial charge in [0.1, 0.15) is 24.7 Å². The molecule has 1 saturated carbocycles. The zero-order chi connectivity index (χ0) is 22.5. The van der Waals surface area contributed by atoms with Crippen LogP contribution in [0.15, 0.2) is 48.5 Å². The number of rotatable bonds is 14. The van der Waals surface area contributed by atoms with E-state index in [-0.39, 0.29) is 18.6 Å². The van der Waals surface area contributed by atoms with Crippen molar-refractivity contribution in [1.82, 2.24) is 0 Å². The molecule has 3 rings (SSSR count). The summed E-state index contributed by atoms with van der Waals surface area (Å²) in [5.74, 6) is 1.67. The van der Waals surface area contributed by atoms with E-state index in [1.54, 1.807) is 0 Å².